The van der Waals surface area contributed by atoms with Gasteiger partial charge in [-0.15, -0.1) is 0 Å². The topological polar surface area (TPSA) is 49.8 Å². The van der Waals surface area contributed by atoms with Crippen LogP contribution in [0, 0.1) is 18.3 Å². The number of benzene rings is 3. The number of nitrogens with zero attached hydrogens (tertiary/aromatic N) is 3. The number of rotatable bonds is 1. The predicted molar refractivity (Wildman–Crippen MR) is 109 cm³/mol. The molecule has 0 bridgehead atoms. The molecule has 5 rings (SSSR count). The van der Waals surface area contributed by atoms with Crippen LogP contribution in [0.2, 0.25) is 0 Å². The van der Waals surface area contributed by atoms with Crippen LogP contribution >= 0.6 is 0 Å². The molecule has 3 aromatic carbocycles. The van der Waals surface area contributed by atoms with Gasteiger partial charge in [-0.3, -0.25) is 0 Å². The van der Waals surface area contributed by atoms with E-state index >= 15 is 0 Å². The summed E-state index contributed by atoms with van der Waals surface area (Å²) < 4.78 is 8.58. The third-order valence-electron chi connectivity index (χ3n) is 5.66. The highest BCUT2D eigenvalue weighted by Gasteiger charge is 2.33. The zero-order chi connectivity index (χ0) is 19.6. The lowest BCUT2D eigenvalue weighted by atomic mass is 9.85. The Labute approximate surface area is 163 Å². The minimum atomic E-state index is 0.294. The zero-order valence-corrected chi connectivity index (χ0v) is 16.4. The standard InChI is InChI=1S/C24H20N3O/c1-13(2)20-17-8-6-5-7-16(17)14(3)21-23-22-18(26-12-27(23)4)9-15(11-25)10-19(22)28-24(20)21/h5-10,12-13H,1-4H3/q+1. The van der Waals surface area contributed by atoms with Gasteiger partial charge in [-0.1, -0.05) is 38.1 Å². The highest BCUT2D eigenvalue weighted by molar-refractivity contribution is 6.06. The summed E-state index contributed by atoms with van der Waals surface area (Å²) >= 11 is 0. The Bertz CT molecular complexity index is 1350. The van der Waals surface area contributed by atoms with Gasteiger partial charge in [0.15, 0.2) is 11.2 Å². The van der Waals surface area contributed by atoms with Crippen molar-refractivity contribution in [3.8, 4) is 28.8 Å². The highest BCUT2D eigenvalue weighted by Crippen LogP contribution is 2.51. The summed E-state index contributed by atoms with van der Waals surface area (Å²) in [6.45, 7) is 6.56. The minimum Gasteiger partial charge on any atom is -0.455 e. The van der Waals surface area contributed by atoms with Crippen molar-refractivity contribution >= 4 is 21.7 Å². The van der Waals surface area contributed by atoms with E-state index in [1.807, 2.05) is 25.5 Å². The molecule has 4 aromatic rings. The Morgan fingerprint density at radius 1 is 1.14 bits per heavy atom. The molecule has 1 aliphatic rings. The molecular weight excluding hydrogens is 346 g/mol. The summed E-state index contributed by atoms with van der Waals surface area (Å²) in [6.07, 6.45) is 1.82. The van der Waals surface area contributed by atoms with Gasteiger partial charge < -0.3 is 4.74 Å². The quantitative estimate of drug-likeness (QED) is 0.379. The van der Waals surface area contributed by atoms with E-state index in [0.717, 1.165) is 27.9 Å². The molecule has 136 valence electrons. The van der Waals surface area contributed by atoms with E-state index < -0.39 is 0 Å². The molecular formula is C24H20N3O+. The summed E-state index contributed by atoms with van der Waals surface area (Å²) in [7, 11) is 2.02. The largest absolute Gasteiger partial charge is 0.455 e. The van der Waals surface area contributed by atoms with Gasteiger partial charge >= 0.3 is 0 Å². The molecule has 0 spiro atoms. The summed E-state index contributed by atoms with van der Waals surface area (Å²) in [5.41, 5.74) is 5.96. The minimum absolute atomic E-state index is 0.294. The van der Waals surface area contributed by atoms with Gasteiger partial charge in [0.1, 0.15) is 16.9 Å². The first-order valence-electron chi connectivity index (χ1n) is 9.47. The van der Waals surface area contributed by atoms with Crippen LogP contribution in [-0.2, 0) is 7.05 Å². The van der Waals surface area contributed by atoms with Crippen molar-refractivity contribution in [1.82, 2.24) is 4.98 Å². The van der Waals surface area contributed by atoms with E-state index in [-0.39, 0.29) is 0 Å². The molecule has 0 aliphatic carbocycles. The monoisotopic (exact) mass is 366 g/mol. The number of fused-ring (bicyclic) bond motifs is 3. The number of nitriles is 1. The third-order valence-corrected chi connectivity index (χ3v) is 5.66. The van der Waals surface area contributed by atoms with Gasteiger partial charge in [0.2, 0.25) is 0 Å². The molecule has 0 saturated heterocycles. The van der Waals surface area contributed by atoms with E-state index in [0.29, 0.717) is 17.2 Å². The number of aromatic nitrogens is 2. The van der Waals surface area contributed by atoms with Crippen molar-refractivity contribution in [2.75, 3.05) is 0 Å². The van der Waals surface area contributed by atoms with E-state index in [1.165, 1.54) is 21.9 Å². The maximum Gasteiger partial charge on any atom is 0.287 e. The molecule has 1 aromatic heterocycles. The molecule has 4 heteroatoms. The zero-order valence-electron chi connectivity index (χ0n) is 16.4. The van der Waals surface area contributed by atoms with Gasteiger partial charge in [0.05, 0.1) is 24.2 Å². The fraction of sp³-hybridized carbons (Fsp3) is 0.208. The average molecular weight is 366 g/mol. The van der Waals surface area contributed by atoms with Crippen LogP contribution < -0.4 is 9.30 Å². The molecule has 0 unspecified atom stereocenters. The van der Waals surface area contributed by atoms with Crippen LogP contribution in [0.25, 0.3) is 32.9 Å². The average Bonchev–Trinajstić information content (AvgIpc) is 2.69. The lowest BCUT2D eigenvalue weighted by Gasteiger charge is -2.26. The van der Waals surface area contributed by atoms with Crippen LogP contribution in [0.5, 0.6) is 11.5 Å². The van der Waals surface area contributed by atoms with Crippen LogP contribution in [0.3, 0.4) is 0 Å². The van der Waals surface area contributed by atoms with Crippen molar-refractivity contribution in [3.63, 3.8) is 0 Å². The maximum absolute atomic E-state index is 9.44. The Kier molecular flexibility index (Phi) is 3.44. The SMILES string of the molecule is Cc1c2c(c(C(C)C)c3ccccc13)Oc1cc(C#N)cc3nc[n+](C)c-2c13. The van der Waals surface area contributed by atoms with Crippen molar-refractivity contribution in [1.29, 1.82) is 5.26 Å². The first-order chi connectivity index (χ1) is 13.5. The van der Waals surface area contributed by atoms with Gasteiger partial charge in [-0.2, -0.15) is 5.26 Å². The van der Waals surface area contributed by atoms with Gasteiger partial charge in [0, 0.05) is 11.6 Å². The molecule has 0 fully saturated rings. The lowest BCUT2D eigenvalue weighted by molar-refractivity contribution is -0.662. The molecule has 4 nitrogen and oxygen atoms in total. The normalized spacial score (nSPS) is 12.1. The summed E-state index contributed by atoms with van der Waals surface area (Å²) in [6, 6.07) is 14.4. The summed E-state index contributed by atoms with van der Waals surface area (Å²) in [5, 5.41) is 12.9. The molecule has 0 radical (unpaired) electrons. The Morgan fingerprint density at radius 2 is 1.89 bits per heavy atom. The molecule has 0 N–H and O–H groups in total. The first kappa shape index (κ1) is 16.7. The second-order valence-electron chi connectivity index (χ2n) is 7.73. The van der Waals surface area contributed by atoms with Gasteiger partial charge in [-0.05, 0) is 40.2 Å². The van der Waals surface area contributed by atoms with Crippen molar-refractivity contribution in [2.24, 2.45) is 7.05 Å². The fourth-order valence-electron chi connectivity index (χ4n) is 4.45. The smallest absolute Gasteiger partial charge is 0.287 e. The second-order valence-corrected chi connectivity index (χ2v) is 7.73. The Hall–Kier alpha value is -3.45. The van der Waals surface area contributed by atoms with Crippen LogP contribution in [0.4, 0.5) is 0 Å². The third kappa shape index (κ3) is 2.10. The van der Waals surface area contributed by atoms with Gasteiger partial charge in [0.25, 0.3) is 6.33 Å². The van der Waals surface area contributed by atoms with Crippen LogP contribution in [0.1, 0.15) is 36.5 Å². The van der Waals surface area contributed by atoms with E-state index in [2.05, 4.69) is 60.7 Å². The first-order valence-corrected chi connectivity index (χ1v) is 9.47. The fourth-order valence-corrected chi connectivity index (χ4v) is 4.45. The molecule has 0 amide bonds. The van der Waals surface area contributed by atoms with Crippen LogP contribution in [-0.4, -0.2) is 4.98 Å². The maximum atomic E-state index is 9.44. The van der Waals surface area contributed by atoms with Crippen molar-refractivity contribution < 1.29 is 9.30 Å². The molecule has 0 saturated carbocycles. The molecule has 1 aliphatic heterocycles. The predicted octanol–water partition coefficient (Wildman–Crippen LogP) is 5.29. The van der Waals surface area contributed by atoms with Crippen molar-refractivity contribution in [2.45, 2.75) is 26.7 Å². The van der Waals surface area contributed by atoms with Crippen molar-refractivity contribution in [3.05, 3.63) is 59.4 Å². The second kappa shape index (κ2) is 5.77. The van der Waals surface area contributed by atoms with E-state index in [1.54, 1.807) is 0 Å². The summed E-state index contributed by atoms with van der Waals surface area (Å²) in [5.74, 6) is 1.90. The molecule has 28 heavy (non-hydrogen) atoms. The Morgan fingerprint density at radius 3 is 2.61 bits per heavy atom. The Balaban J connectivity index is 2.04. The molecule has 2 heterocycles. The number of hydrogen-bond acceptors (Lipinski definition) is 3. The van der Waals surface area contributed by atoms with E-state index in [9.17, 15) is 5.26 Å². The molecule has 0 atom stereocenters. The number of hydrogen-bond donors (Lipinski definition) is 0. The van der Waals surface area contributed by atoms with Gasteiger partial charge in [-0.25, -0.2) is 4.57 Å². The lowest BCUT2D eigenvalue weighted by Crippen LogP contribution is -2.33. The van der Waals surface area contributed by atoms with E-state index in [4.69, 9.17) is 4.74 Å². The highest BCUT2D eigenvalue weighted by atomic mass is 16.5. The number of ether oxygens (including phenoxy) is 1. The number of aryl methyl sites for hydroxylation is 2. The van der Waals surface area contributed by atoms with Crippen LogP contribution in [0.15, 0.2) is 42.7 Å². The summed E-state index contributed by atoms with van der Waals surface area (Å²) in [4.78, 5) is 4.55.